The van der Waals surface area contributed by atoms with Crippen LogP contribution in [0.5, 0.6) is 5.75 Å². The molecule has 0 saturated carbocycles. The maximum atomic E-state index is 10.1. The van der Waals surface area contributed by atoms with Gasteiger partial charge in [-0.1, -0.05) is 32.9 Å². The van der Waals surface area contributed by atoms with Crippen molar-refractivity contribution < 1.29 is 26.0 Å². The van der Waals surface area contributed by atoms with Crippen LogP contribution in [0.1, 0.15) is 38.8 Å². The number of aromatic hydroxyl groups is 1. The van der Waals surface area contributed by atoms with E-state index in [4.69, 9.17) is 17.0 Å². The molecule has 2 nitrogen and oxygen atoms in total. The average molecular weight is 367 g/mol. The van der Waals surface area contributed by atoms with Gasteiger partial charge in [0.2, 0.25) is 0 Å². The molecular weight excluding hydrogens is 348 g/mol. The van der Waals surface area contributed by atoms with E-state index in [-0.39, 0.29) is 5.41 Å². The van der Waals surface area contributed by atoms with Crippen LogP contribution in [0.15, 0.2) is 23.2 Å². The fraction of sp³-hybridized carbons (Fsp3) is 0.462. The summed E-state index contributed by atoms with van der Waals surface area (Å²) in [4.78, 5) is 4.14. The molecule has 0 aliphatic heterocycles. The van der Waals surface area contributed by atoms with Crippen molar-refractivity contribution in [3.8, 4) is 5.75 Å². The predicted molar refractivity (Wildman–Crippen MR) is 76.6 cm³/mol. The summed E-state index contributed by atoms with van der Waals surface area (Å²) in [5.74, 6) is 0.349. The second-order valence-corrected chi connectivity index (χ2v) is 8.42. The Bertz CT molecular complexity index is 389. The third-order valence-corrected chi connectivity index (χ3v) is 2.29. The van der Waals surface area contributed by atoms with Crippen LogP contribution in [-0.2, 0) is 26.3 Å². The Labute approximate surface area is 128 Å². The van der Waals surface area contributed by atoms with E-state index in [1.54, 1.807) is 6.21 Å². The number of rotatable bonds is 2. The van der Waals surface area contributed by atoms with Crippen molar-refractivity contribution in [2.45, 2.75) is 33.1 Å². The van der Waals surface area contributed by atoms with E-state index < -0.39 is 20.8 Å². The molecule has 0 spiro atoms. The molecule has 0 aliphatic carbocycles. The van der Waals surface area contributed by atoms with Gasteiger partial charge >= 0.3 is 37.9 Å². The second-order valence-electron chi connectivity index (χ2n) is 4.69. The van der Waals surface area contributed by atoms with Crippen LogP contribution < -0.4 is 0 Å². The summed E-state index contributed by atoms with van der Waals surface area (Å²) in [6, 6.07) is 5.79. The van der Waals surface area contributed by atoms with Crippen LogP contribution in [0.4, 0.5) is 0 Å². The third-order valence-electron chi connectivity index (χ3n) is 2.29. The number of aliphatic imine (C=N–C) groups is 1. The number of hydrogen-bond donors (Lipinski definition) is 1. The van der Waals surface area contributed by atoms with E-state index in [9.17, 15) is 5.11 Å². The zero-order valence-corrected chi connectivity index (χ0v) is 15.1. The van der Waals surface area contributed by atoms with E-state index in [0.717, 1.165) is 17.7 Å². The summed E-state index contributed by atoms with van der Waals surface area (Å²) in [6.07, 6.45) is 1.73. The van der Waals surface area contributed by atoms with Crippen molar-refractivity contribution in [2.75, 3.05) is 6.54 Å². The van der Waals surface area contributed by atoms with Crippen molar-refractivity contribution in [1.82, 2.24) is 0 Å². The molecule has 0 aromatic heterocycles. The van der Waals surface area contributed by atoms with Gasteiger partial charge in [0.1, 0.15) is 5.75 Å². The first-order valence-corrected chi connectivity index (χ1v) is 12.0. The minimum absolute atomic E-state index is 0.0415. The van der Waals surface area contributed by atoms with Gasteiger partial charge in [0, 0.05) is 18.3 Å². The summed E-state index contributed by atoms with van der Waals surface area (Å²) >= 11 is -0.826. The third kappa shape index (κ3) is 6.36. The van der Waals surface area contributed by atoms with Crippen LogP contribution in [0.2, 0.25) is 0 Å². The quantitative estimate of drug-likeness (QED) is 0.767. The number of phenols is 1. The molecule has 0 saturated heterocycles. The van der Waals surface area contributed by atoms with E-state index in [2.05, 4.69) is 25.8 Å². The van der Waals surface area contributed by atoms with Gasteiger partial charge in [-0.05, 0) is 24.0 Å². The van der Waals surface area contributed by atoms with Gasteiger partial charge in [0.15, 0.2) is 0 Å². The van der Waals surface area contributed by atoms with E-state index in [1.165, 1.54) is 0 Å². The van der Waals surface area contributed by atoms with Crippen molar-refractivity contribution >= 4 is 23.2 Å². The molecule has 5 heteroatoms. The van der Waals surface area contributed by atoms with Crippen molar-refractivity contribution in [1.29, 1.82) is 0 Å². The minimum atomic E-state index is -0.826. The van der Waals surface area contributed by atoms with E-state index in [0.29, 0.717) is 5.75 Å². The monoisotopic (exact) mass is 365 g/mol. The van der Waals surface area contributed by atoms with Crippen molar-refractivity contribution in [3.05, 3.63) is 29.3 Å². The predicted octanol–water partition coefficient (Wildman–Crippen LogP) is 4.51. The molecule has 100 valence electrons. The standard InChI is InChI=1S/C13H19NO.2ClH.Zr/c1-5-14-9-10-7-6-8-11(12(10)15)13(2,3)4;;;/h6-9,15H,5H2,1-4H3;2*1H;/q;;;+2/p-2. The molecule has 1 N–H and O–H groups in total. The Morgan fingerprint density at radius 3 is 2.33 bits per heavy atom. The first kappa shape index (κ1) is 18.2. The molecule has 0 fully saturated rings. The summed E-state index contributed by atoms with van der Waals surface area (Å²) in [6.45, 7) is 8.97. The van der Waals surface area contributed by atoms with E-state index in [1.807, 2.05) is 25.1 Å². The number of hydrogen-bond acceptors (Lipinski definition) is 2. The van der Waals surface area contributed by atoms with Crippen molar-refractivity contribution in [2.24, 2.45) is 4.99 Å². The zero-order valence-electron chi connectivity index (χ0n) is 11.2. The number of benzene rings is 1. The molecule has 0 amide bonds. The van der Waals surface area contributed by atoms with Gasteiger partial charge in [-0.2, -0.15) is 0 Å². The number of halogens is 2. The Morgan fingerprint density at radius 2 is 1.89 bits per heavy atom. The second kappa shape index (κ2) is 9.12. The molecule has 18 heavy (non-hydrogen) atoms. The van der Waals surface area contributed by atoms with Crippen LogP contribution in [0.25, 0.3) is 0 Å². The molecule has 0 bridgehead atoms. The van der Waals surface area contributed by atoms with Gasteiger partial charge < -0.3 is 5.11 Å². The molecule has 0 heterocycles. The maximum absolute atomic E-state index is 10.1. The number of nitrogens with zero attached hydrogens (tertiary/aromatic N) is 1. The number of para-hydroxylation sites is 1. The molecule has 0 radical (unpaired) electrons. The average Bonchev–Trinajstić information content (AvgIpc) is 2.27. The van der Waals surface area contributed by atoms with Gasteiger partial charge in [-0.15, -0.1) is 0 Å². The van der Waals surface area contributed by atoms with Crippen LogP contribution in [0.3, 0.4) is 0 Å². The number of phenolic OH excluding ortho intramolecular Hbond substituents is 1. The SMILES string of the molecule is CCN=Cc1cccc(C(C)(C)C)c1O.[Cl][Zr][Cl]. The molecule has 0 unspecified atom stereocenters. The molecule has 0 aliphatic rings. The fourth-order valence-corrected chi connectivity index (χ4v) is 1.46. The van der Waals surface area contributed by atoms with Gasteiger partial charge in [-0.25, -0.2) is 0 Å². The zero-order chi connectivity index (χ0) is 14.2. The Kier molecular flexibility index (Phi) is 9.20. The molecule has 1 rings (SSSR count). The van der Waals surface area contributed by atoms with Crippen LogP contribution in [0, 0.1) is 0 Å². The summed E-state index contributed by atoms with van der Waals surface area (Å²) in [7, 11) is 9.87. The van der Waals surface area contributed by atoms with E-state index >= 15 is 0 Å². The Balaban J connectivity index is 0.000000873. The topological polar surface area (TPSA) is 32.6 Å². The molecule has 1 aromatic rings. The first-order valence-electron chi connectivity index (χ1n) is 5.67. The fourth-order valence-electron chi connectivity index (χ4n) is 1.46. The van der Waals surface area contributed by atoms with Crippen LogP contribution >= 0.6 is 17.0 Å². The molecular formula is C13H19Cl2NOZr. The molecule has 0 atom stereocenters. The van der Waals surface area contributed by atoms with Crippen molar-refractivity contribution in [3.63, 3.8) is 0 Å². The first-order chi connectivity index (χ1) is 8.38. The summed E-state index contributed by atoms with van der Waals surface area (Å²) in [5, 5.41) is 10.1. The summed E-state index contributed by atoms with van der Waals surface area (Å²) in [5.41, 5.74) is 1.71. The van der Waals surface area contributed by atoms with Gasteiger partial charge in [0.25, 0.3) is 0 Å². The van der Waals surface area contributed by atoms with Gasteiger partial charge in [-0.3, -0.25) is 4.99 Å². The Morgan fingerprint density at radius 1 is 1.33 bits per heavy atom. The van der Waals surface area contributed by atoms with Crippen LogP contribution in [-0.4, -0.2) is 17.9 Å². The molecule has 1 aromatic carbocycles. The Hall–Kier alpha value is 0.153. The van der Waals surface area contributed by atoms with Gasteiger partial charge in [0.05, 0.1) is 0 Å². The summed E-state index contributed by atoms with van der Waals surface area (Å²) < 4.78 is 0. The normalized spacial score (nSPS) is 11.0.